The molecule has 2 nitrogen and oxygen atoms in total. The van der Waals surface area contributed by atoms with Crippen LogP contribution in [-0.2, 0) is 0 Å². The van der Waals surface area contributed by atoms with Gasteiger partial charge in [-0.05, 0) is 62.5 Å². The Balaban J connectivity index is 1.80. The molecular weight excluding hydrogens is 263 g/mol. The van der Waals surface area contributed by atoms with Crippen molar-refractivity contribution < 1.29 is 4.39 Å². The second-order valence-electron chi connectivity index (χ2n) is 5.91. The largest absolute Gasteiger partial charge is 0.385 e. The molecule has 0 radical (unpaired) electrons. The Morgan fingerprint density at radius 1 is 1.38 bits per heavy atom. The molecule has 0 bridgehead atoms. The van der Waals surface area contributed by atoms with E-state index in [2.05, 4.69) is 23.4 Å². The standard InChI is InChI=1S/C18H25FN2/c1-4-7-21-8-5-16(6-9-21)13-20-15(3)17-10-14(2)11-18(19)12-17/h4,10-12,16,20H,1,3,5-9,13H2,2H3. The Hall–Kier alpha value is -1.61. The van der Waals surface area contributed by atoms with Gasteiger partial charge in [-0.25, -0.2) is 4.39 Å². The summed E-state index contributed by atoms with van der Waals surface area (Å²) < 4.78 is 13.4. The fraction of sp³-hybridized carbons (Fsp3) is 0.444. The summed E-state index contributed by atoms with van der Waals surface area (Å²) in [7, 11) is 0. The maximum atomic E-state index is 13.4. The fourth-order valence-electron chi connectivity index (χ4n) is 2.84. The number of nitrogens with zero attached hydrogens (tertiary/aromatic N) is 1. The third-order valence-electron chi connectivity index (χ3n) is 4.09. The number of hydrogen-bond acceptors (Lipinski definition) is 2. The van der Waals surface area contributed by atoms with Crippen LogP contribution in [0, 0.1) is 18.7 Å². The van der Waals surface area contributed by atoms with Crippen LogP contribution in [0.3, 0.4) is 0 Å². The van der Waals surface area contributed by atoms with Gasteiger partial charge in [0, 0.05) is 24.4 Å². The molecule has 0 saturated carbocycles. The van der Waals surface area contributed by atoms with E-state index in [-0.39, 0.29) is 5.82 Å². The van der Waals surface area contributed by atoms with Crippen molar-refractivity contribution in [2.24, 2.45) is 5.92 Å². The Bertz CT molecular complexity index is 482. The van der Waals surface area contributed by atoms with Gasteiger partial charge in [0.1, 0.15) is 5.82 Å². The van der Waals surface area contributed by atoms with Crippen molar-refractivity contribution in [3.05, 3.63) is 54.4 Å². The normalized spacial score (nSPS) is 16.7. The molecule has 21 heavy (non-hydrogen) atoms. The molecule has 0 amide bonds. The molecule has 1 saturated heterocycles. The van der Waals surface area contributed by atoms with E-state index < -0.39 is 0 Å². The molecule has 1 N–H and O–H groups in total. The van der Waals surface area contributed by atoms with Crippen molar-refractivity contribution >= 4 is 5.70 Å². The lowest BCUT2D eigenvalue weighted by atomic mass is 9.96. The minimum Gasteiger partial charge on any atom is -0.385 e. The van der Waals surface area contributed by atoms with Crippen LogP contribution in [0.2, 0.25) is 0 Å². The monoisotopic (exact) mass is 288 g/mol. The first-order valence-corrected chi connectivity index (χ1v) is 7.62. The van der Waals surface area contributed by atoms with E-state index in [9.17, 15) is 4.39 Å². The van der Waals surface area contributed by atoms with Gasteiger partial charge in [-0.1, -0.05) is 12.7 Å². The van der Waals surface area contributed by atoms with Gasteiger partial charge in [0.2, 0.25) is 0 Å². The van der Waals surface area contributed by atoms with Gasteiger partial charge in [0.25, 0.3) is 0 Å². The van der Waals surface area contributed by atoms with Crippen LogP contribution in [0.25, 0.3) is 5.70 Å². The summed E-state index contributed by atoms with van der Waals surface area (Å²) in [6.07, 6.45) is 4.35. The average Bonchev–Trinajstić information content (AvgIpc) is 2.45. The summed E-state index contributed by atoms with van der Waals surface area (Å²) in [5, 5.41) is 3.37. The fourth-order valence-corrected chi connectivity index (χ4v) is 2.84. The van der Waals surface area contributed by atoms with E-state index in [0.29, 0.717) is 5.92 Å². The van der Waals surface area contributed by atoms with Crippen molar-refractivity contribution in [2.75, 3.05) is 26.2 Å². The molecule has 1 aliphatic heterocycles. The number of aryl methyl sites for hydroxylation is 1. The number of hydrogen-bond donors (Lipinski definition) is 1. The molecule has 0 spiro atoms. The Morgan fingerprint density at radius 2 is 2.10 bits per heavy atom. The van der Waals surface area contributed by atoms with E-state index in [1.165, 1.54) is 25.0 Å². The number of halogens is 1. The molecule has 1 aromatic rings. The maximum Gasteiger partial charge on any atom is 0.124 e. The Morgan fingerprint density at radius 3 is 2.71 bits per heavy atom. The van der Waals surface area contributed by atoms with Crippen molar-refractivity contribution in [2.45, 2.75) is 19.8 Å². The molecule has 1 heterocycles. The highest BCUT2D eigenvalue weighted by molar-refractivity contribution is 5.62. The van der Waals surface area contributed by atoms with E-state index in [4.69, 9.17) is 0 Å². The lowest BCUT2D eigenvalue weighted by Gasteiger charge is -2.31. The van der Waals surface area contributed by atoms with Crippen LogP contribution in [0.4, 0.5) is 4.39 Å². The third-order valence-corrected chi connectivity index (χ3v) is 4.09. The molecular formula is C18H25FN2. The lowest BCUT2D eigenvalue weighted by molar-refractivity contribution is 0.201. The highest BCUT2D eigenvalue weighted by Crippen LogP contribution is 2.18. The van der Waals surface area contributed by atoms with Gasteiger partial charge < -0.3 is 5.32 Å². The first kappa shape index (κ1) is 15.8. The van der Waals surface area contributed by atoms with Crippen LogP contribution in [-0.4, -0.2) is 31.1 Å². The maximum absolute atomic E-state index is 13.4. The highest BCUT2D eigenvalue weighted by atomic mass is 19.1. The molecule has 3 heteroatoms. The quantitative estimate of drug-likeness (QED) is 0.805. The molecule has 1 fully saturated rings. The Kier molecular flexibility index (Phi) is 5.57. The van der Waals surface area contributed by atoms with Gasteiger partial charge in [0.05, 0.1) is 0 Å². The van der Waals surface area contributed by atoms with Crippen LogP contribution >= 0.6 is 0 Å². The molecule has 1 aliphatic rings. The van der Waals surface area contributed by atoms with Crippen LogP contribution in [0.15, 0.2) is 37.4 Å². The van der Waals surface area contributed by atoms with E-state index >= 15 is 0 Å². The van der Waals surface area contributed by atoms with Crippen molar-refractivity contribution in [3.63, 3.8) is 0 Å². The number of piperidine rings is 1. The number of nitrogens with one attached hydrogen (secondary N) is 1. The average molecular weight is 288 g/mol. The van der Waals surface area contributed by atoms with Crippen molar-refractivity contribution in [3.8, 4) is 0 Å². The summed E-state index contributed by atoms with van der Waals surface area (Å²) >= 11 is 0. The topological polar surface area (TPSA) is 15.3 Å². The summed E-state index contributed by atoms with van der Waals surface area (Å²) in [4.78, 5) is 2.42. The minimum absolute atomic E-state index is 0.203. The smallest absolute Gasteiger partial charge is 0.124 e. The molecule has 2 rings (SSSR count). The van der Waals surface area contributed by atoms with E-state index in [1.54, 1.807) is 0 Å². The number of rotatable bonds is 6. The number of likely N-dealkylation sites (tertiary alicyclic amines) is 1. The Labute approximate surface area is 127 Å². The van der Waals surface area contributed by atoms with Gasteiger partial charge in [-0.3, -0.25) is 4.90 Å². The first-order chi connectivity index (χ1) is 10.1. The first-order valence-electron chi connectivity index (χ1n) is 7.62. The molecule has 0 unspecified atom stereocenters. The number of benzene rings is 1. The molecule has 0 aliphatic carbocycles. The summed E-state index contributed by atoms with van der Waals surface area (Å²) in [6.45, 7) is 13.9. The van der Waals surface area contributed by atoms with Crippen molar-refractivity contribution in [1.29, 1.82) is 0 Å². The van der Waals surface area contributed by atoms with Crippen molar-refractivity contribution in [1.82, 2.24) is 10.2 Å². The highest BCUT2D eigenvalue weighted by Gasteiger charge is 2.18. The zero-order chi connectivity index (χ0) is 15.2. The summed E-state index contributed by atoms with van der Waals surface area (Å²) in [5.74, 6) is 0.461. The third kappa shape index (κ3) is 4.71. The zero-order valence-electron chi connectivity index (χ0n) is 12.9. The van der Waals surface area contributed by atoms with Gasteiger partial charge in [0.15, 0.2) is 0 Å². The predicted octanol–water partition coefficient (Wildman–Crippen LogP) is 3.59. The minimum atomic E-state index is -0.203. The second kappa shape index (κ2) is 7.41. The summed E-state index contributed by atoms with van der Waals surface area (Å²) in [6, 6.07) is 5.03. The van der Waals surface area contributed by atoms with Gasteiger partial charge in [-0.15, -0.1) is 6.58 Å². The second-order valence-corrected chi connectivity index (χ2v) is 5.91. The van der Waals surface area contributed by atoms with Crippen LogP contribution < -0.4 is 5.32 Å². The zero-order valence-corrected chi connectivity index (χ0v) is 12.9. The molecule has 114 valence electrons. The molecule has 1 aromatic carbocycles. The van der Waals surface area contributed by atoms with E-state index in [1.807, 2.05) is 19.1 Å². The van der Waals surface area contributed by atoms with E-state index in [0.717, 1.165) is 43.0 Å². The molecule has 0 atom stereocenters. The summed E-state index contributed by atoms with van der Waals surface area (Å²) in [5.41, 5.74) is 2.58. The predicted molar refractivity (Wildman–Crippen MR) is 87.5 cm³/mol. The van der Waals surface area contributed by atoms with Crippen LogP contribution in [0.1, 0.15) is 24.0 Å². The molecule has 0 aromatic heterocycles. The SMILES string of the molecule is C=CCN1CCC(CNC(=C)c2cc(C)cc(F)c2)CC1. The lowest BCUT2D eigenvalue weighted by Crippen LogP contribution is -2.36. The van der Waals surface area contributed by atoms with Crippen LogP contribution in [0.5, 0.6) is 0 Å². The van der Waals surface area contributed by atoms with Gasteiger partial charge in [-0.2, -0.15) is 0 Å². The van der Waals surface area contributed by atoms with Gasteiger partial charge >= 0.3 is 0 Å².